The minimum atomic E-state index is -0.289. The Morgan fingerprint density at radius 1 is 1.40 bits per heavy atom. The van der Waals surface area contributed by atoms with E-state index in [1.165, 1.54) is 11.0 Å². The van der Waals surface area contributed by atoms with Gasteiger partial charge in [-0.05, 0) is 38.3 Å². The van der Waals surface area contributed by atoms with Crippen molar-refractivity contribution in [1.29, 1.82) is 0 Å². The molecule has 9 nitrogen and oxygen atoms in total. The van der Waals surface area contributed by atoms with Gasteiger partial charge in [0.2, 0.25) is 11.8 Å². The molecule has 0 saturated carbocycles. The molecule has 0 bridgehead atoms. The minimum Gasteiger partial charge on any atom is -0.337 e. The van der Waals surface area contributed by atoms with Crippen molar-refractivity contribution in [3.8, 4) is 0 Å². The predicted molar refractivity (Wildman–Crippen MR) is 86.8 cm³/mol. The molecule has 1 amide bonds. The fourth-order valence-electron chi connectivity index (χ4n) is 3.25. The number of rotatable bonds is 3. The summed E-state index contributed by atoms with van der Waals surface area (Å²) >= 11 is 0. The van der Waals surface area contributed by atoms with Gasteiger partial charge in [0.25, 0.3) is 5.56 Å². The Kier molecular flexibility index (Phi) is 3.83. The molecule has 1 atom stereocenters. The highest BCUT2D eigenvalue weighted by Crippen LogP contribution is 2.30. The molecule has 130 valence electrons. The van der Waals surface area contributed by atoms with Crippen LogP contribution in [0.4, 0.5) is 0 Å². The van der Waals surface area contributed by atoms with Gasteiger partial charge in [0.1, 0.15) is 24.4 Å². The molecule has 3 aromatic heterocycles. The van der Waals surface area contributed by atoms with E-state index in [-0.39, 0.29) is 24.1 Å². The maximum absolute atomic E-state index is 12.8. The third-order valence-electron chi connectivity index (χ3n) is 4.48. The largest absolute Gasteiger partial charge is 0.337 e. The van der Waals surface area contributed by atoms with E-state index in [1.54, 1.807) is 34.6 Å². The summed E-state index contributed by atoms with van der Waals surface area (Å²) in [5, 5.41) is 7.90. The quantitative estimate of drug-likeness (QED) is 0.702. The number of hydrogen-bond donors (Lipinski definition) is 0. The Morgan fingerprint density at radius 3 is 3.08 bits per heavy atom. The van der Waals surface area contributed by atoms with E-state index in [0.29, 0.717) is 23.8 Å². The first-order valence-electron chi connectivity index (χ1n) is 8.26. The molecule has 1 aliphatic rings. The molecule has 3 aromatic rings. The van der Waals surface area contributed by atoms with Crippen LogP contribution < -0.4 is 5.56 Å². The van der Waals surface area contributed by atoms with Gasteiger partial charge in [-0.25, -0.2) is 4.68 Å². The molecule has 1 unspecified atom stereocenters. The number of carbonyl (C=O) groups excluding carboxylic acids is 1. The van der Waals surface area contributed by atoms with Crippen molar-refractivity contribution in [3.05, 3.63) is 46.7 Å². The van der Waals surface area contributed by atoms with Gasteiger partial charge < -0.3 is 13.8 Å². The smallest absolute Gasteiger partial charge is 0.291 e. The third kappa shape index (κ3) is 2.81. The lowest BCUT2D eigenvalue weighted by atomic mass is 10.0. The SMILES string of the molecule is Cc1noc(C2CCCCN2C(=O)Cn2ncn3cccc3c2=O)n1. The number of fused-ring (bicyclic) bond motifs is 1. The number of amides is 1. The molecule has 0 radical (unpaired) electrons. The Hall–Kier alpha value is -2.97. The van der Waals surface area contributed by atoms with Gasteiger partial charge in [0, 0.05) is 12.7 Å². The second-order valence-electron chi connectivity index (χ2n) is 6.17. The van der Waals surface area contributed by atoms with E-state index in [9.17, 15) is 9.59 Å². The van der Waals surface area contributed by atoms with Crippen molar-refractivity contribution < 1.29 is 9.32 Å². The van der Waals surface area contributed by atoms with Crippen LogP contribution in [0.2, 0.25) is 0 Å². The number of carbonyl (C=O) groups is 1. The van der Waals surface area contributed by atoms with Gasteiger partial charge in [0.05, 0.1) is 0 Å². The van der Waals surface area contributed by atoms with E-state index < -0.39 is 0 Å². The molecule has 0 aromatic carbocycles. The molecule has 1 fully saturated rings. The van der Waals surface area contributed by atoms with Crippen LogP contribution in [0.25, 0.3) is 5.52 Å². The van der Waals surface area contributed by atoms with Crippen LogP contribution in [-0.2, 0) is 11.3 Å². The van der Waals surface area contributed by atoms with Crippen molar-refractivity contribution in [2.75, 3.05) is 6.54 Å². The van der Waals surface area contributed by atoms with E-state index in [4.69, 9.17) is 4.52 Å². The van der Waals surface area contributed by atoms with Gasteiger partial charge >= 0.3 is 0 Å². The van der Waals surface area contributed by atoms with Crippen LogP contribution >= 0.6 is 0 Å². The fraction of sp³-hybridized carbons (Fsp3) is 0.438. The molecule has 1 aliphatic heterocycles. The van der Waals surface area contributed by atoms with Crippen molar-refractivity contribution in [1.82, 2.24) is 29.2 Å². The summed E-state index contributed by atoms with van der Waals surface area (Å²) in [5.41, 5.74) is 0.202. The van der Waals surface area contributed by atoms with Crippen LogP contribution in [0.3, 0.4) is 0 Å². The van der Waals surface area contributed by atoms with Crippen molar-refractivity contribution in [2.45, 2.75) is 38.8 Å². The molecular weight excluding hydrogens is 324 g/mol. The molecule has 9 heteroatoms. The summed E-state index contributed by atoms with van der Waals surface area (Å²) in [6.07, 6.45) is 5.95. The number of nitrogens with zero attached hydrogens (tertiary/aromatic N) is 6. The molecule has 0 spiro atoms. The number of piperidine rings is 1. The van der Waals surface area contributed by atoms with Crippen LogP contribution in [0.5, 0.6) is 0 Å². The first-order chi connectivity index (χ1) is 12.1. The highest BCUT2D eigenvalue weighted by atomic mass is 16.5. The number of aryl methyl sites for hydroxylation is 1. The predicted octanol–water partition coefficient (Wildman–Crippen LogP) is 0.941. The summed E-state index contributed by atoms with van der Waals surface area (Å²) in [6, 6.07) is 3.23. The van der Waals surface area contributed by atoms with Gasteiger partial charge in [-0.3, -0.25) is 9.59 Å². The minimum absolute atomic E-state index is 0.107. The Balaban J connectivity index is 1.59. The summed E-state index contributed by atoms with van der Waals surface area (Å²) in [6.45, 7) is 2.25. The number of likely N-dealkylation sites (tertiary alicyclic amines) is 1. The van der Waals surface area contributed by atoms with E-state index in [2.05, 4.69) is 15.2 Å². The van der Waals surface area contributed by atoms with Gasteiger partial charge in [-0.1, -0.05) is 5.16 Å². The average Bonchev–Trinajstić information content (AvgIpc) is 3.26. The number of aromatic nitrogens is 5. The summed E-state index contributed by atoms with van der Waals surface area (Å²) in [5.74, 6) is 0.823. The first kappa shape index (κ1) is 15.6. The van der Waals surface area contributed by atoms with Gasteiger partial charge in [-0.15, -0.1) is 0 Å². The third-order valence-corrected chi connectivity index (χ3v) is 4.48. The fourth-order valence-corrected chi connectivity index (χ4v) is 3.25. The highest BCUT2D eigenvalue weighted by molar-refractivity contribution is 5.76. The van der Waals surface area contributed by atoms with Gasteiger partial charge in [-0.2, -0.15) is 10.1 Å². The first-order valence-corrected chi connectivity index (χ1v) is 8.26. The summed E-state index contributed by atoms with van der Waals surface area (Å²) < 4.78 is 8.09. The van der Waals surface area contributed by atoms with E-state index >= 15 is 0 Å². The average molecular weight is 342 g/mol. The molecule has 25 heavy (non-hydrogen) atoms. The molecular formula is C16H18N6O3. The number of hydrogen-bond acceptors (Lipinski definition) is 6. The maximum atomic E-state index is 12.8. The monoisotopic (exact) mass is 342 g/mol. The second kappa shape index (κ2) is 6.15. The normalized spacial score (nSPS) is 18.0. The maximum Gasteiger partial charge on any atom is 0.291 e. The molecule has 1 saturated heterocycles. The molecule has 4 rings (SSSR count). The summed E-state index contributed by atoms with van der Waals surface area (Å²) in [4.78, 5) is 31.2. The van der Waals surface area contributed by atoms with E-state index in [0.717, 1.165) is 19.3 Å². The zero-order chi connectivity index (χ0) is 17.4. The topological polar surface area (TPSA) is 98.5 Å². The van der Waals surface area contributed by atoms with Crippen LogP contribution in [0, 0.1) is 6.92 Å². The second-order valence-corrected chi connectivity index (χ2v) is 6.17. The molecule has 4 heterocycles. The summed E-state index contributed by atoms with van der Waals surface area (Å²) in [7, 11) is 0. The Bertz CT molecular complexity index is 972. The van der Waals surface area contributed by atoms with Crippen LogP contribution in [-0.4, -0.2) is 41.7 Å². The zero-order valence-electron chi connectivity index (χ0n) is 13.8. The molecule has 0 aliphatic carbocycles. The van der Waals surface area contributed by atoms with Gasteiger partial charge in [0.15, 0.2) is 5.82 Å². The lowest BCUT2D eigenvalue weighted by Gasteiger charge is -2.33. The van der Waals surface area contributed by atoms with E-state index in [1.807, 2.05) is 0 Å². The lowest BCUT2D eigenvalue weighted by molar-refractivity contribution is -0.136. The highest BCUT2D eigenvalue weighted by Gasteiger charge is 2.32. The zero-order valence-corrected chi connectivity index (χ0v) is 13.8. The van der Waals surface area contributed by atoms with Crippen molar-refractivity contribution in [3.63, 3.8) is 0 Å². The lowest BCUT2D eigenvalue weighted by Crippen LogP contribution is -2.42. The molecule has 0 N–H and O–H groups in total. The van der Waals surface area contributed by atoms with Crippen molar-refractivity contribution >= 4 is 11.4 Å². The Morgan fingerprint density at radius 2 is 2.28 bits per heavy atom. The standard InChI is InChI=1S/C16H18N6O3/c1-11-18-15(25-19-11)12-5-2-3-8-21(12)14(23)9-22-16(24)13-6-4-7-20(13)10-17-22/h4,6-7,10,12H,2-3,5,8-9H2,1H3. The van der Waals surface area contributed by atoms with Crippen molar-refractivity contribution in [2.24, 2.45) is 0 Å². The Labute approximate surface area is 142 Å². The van der Waals surface area contributed by atoms with Crippen LogP contribution in [0.15, 0.2) is 34.0 Å². The van der Waals surface area contributed by atoms with Crippen LogP contribution in [0.1, 0.15) is 37.0 Å².